The van der Waals surface area contributed by atoms with Crippen LogP contribution in [0.4, 0.5) is 4.79 Å². The zero-order chi connectivity index (χ0) is 18.6. The molecule has 0 aromatic heterocycles. The second kappa shape index (κ2) is 8.14. The number of ether oxygens (including phenoxy) is 1. The quantitative estimate of drug-likeness (QED) is 0.432. The molecule has 1 N–H and O–H groups in total. The molecule has 0 aromatic rings. The van der Waals surface area contributed by atoms with E-state index in [1.54, 1.807) is 6.20 Å². The van der Waals surface area contributed by atoms with Crippen molar-refractivity contribution in [1.82, 2.24) is 0 Å². The van der Waals surface area contributed by atoms with Gasteiger partial charge in [-0.05, 0) is 18.1 Å². The molecule has 2 atom stereocenters. The van der Waals surface area contributed by atoms with Gasteiger partial charge in [0.25, 0.3) is 0 Å². The topological polar surface area (TPSA) is 55.8 Å². The number of likely N-dealkylation sites (tertiary alicyclic amines) is 1. The predicted molar refractivity (Wildman–Crippen MR) is 99.2 cm³/mol. The van der Waals surface area contributed by atoms with Gasteiger partial charge in [-0.2, -0.15) is 9.28 Å². The van der Waals surface area contributed by atoms with E-state index in [-0.39, 0.29) is 40.0 Å². The first-order valence-electron chi connectivity index (χ1n) is 8.28. The number of aliphatic hydroxyl groups is 1. The molecule has 1 unspecified atom stereocenters. The van der Waals surface area contributed by atoms with Gasteiger partial charge in [-0.1, -0.05) is 45.0 Å². The number of halogens is 1. The van der Waals surface area contributed by atoms with E-state index in [4.69, 9.17) is 20.8 Å². The highest BCUT2D eigenvalue weighted by molar-refractivity contribution is 6.74. The van der Waals surface area contributed by atoms with Gasteiger partial charge in [-0.15, -0.1) is 0 Å². The predicted octanol–water partition coefficient (Wildman–Crippen LogP) is 3.99. The fraction of sp³-hybridized carbons (Fsp3) is 0.706. The highest BCUT2D eigenvalue weighted by atomic mass is 35.5. The minimum atomic E-state index is -1.92. The number of aliphatic hydroxyl groups excluding tert-OH is 1. The Morgan fingerprint density at radius 2 is 2.08 bits per heavy atom. The van der Waals surface area contributed by atoms with Gasteiger partial charge in [0, 0.05) is 6.42 Å². The third-order valence-corrected chi connectivity index (χ3v) is 9.63. The Balaban J connectivity index is 2.97. The van der Waals surface area contributed by atoms with Gasteiger partial charge in [0.2, 0.25) is 0 Å². The van der Waals surface area contributed by atoms with Crippen molar-refractivity contribution < 1.29 is 23.5 Å². The lowest BCUT2D eigenvalue weighted by Crippen LogP contribution is -2.49. The Bertz CT molecular complexity index is 501. The normalized spacial score (nSPS) is 25.6. The van der Waals surface area contributed by atoms with Crippen LogP contribution in [-0.2, 0) is 9.16 Å². The van der Waals surface area contributed by atoms with Crippen LogP contribution >= 0.6 is 11.6 Å². The lowest BCUT2D eigenvalue weighted by Gasteiger charge is -2.38. The Morgan fingerprint density at radius 3 is 2.58 bits per heavy atom. The van der Waals surface area contributed by atoms with Crippen LogP contribution in [0.5, 0.6) is 0 Å². The highest BCUT2D eigenvalue weighted by Gasteiger charge is 2.49. The Labute approximate surface area is 151 Å². The van der Waals surface area contributed by atoms with Crippen molar-refractivity contribution in [3.8, 4) is 0 Å². The maximum Gasteiger partial charge on any atom is 0.521 e. The molecule has 1 fully saturated rings. The number of carbonyl (C=O) groups is 1. The van der Waals surface area contributed by atoms with E-state index in [1.165, 1.54) is 6.08 Å². The molecular weight excluding hydrogens is 346 g/mol. The summed E-state index contributed by atoms with van der Waals surface area (Å²) in [6.45, 7) is 15.4. The van der Waals surface area contributed by atoms with Crippen LogP contribution in [0.3, 0.4) is 0 Å². The van der Waals surface area contributed by atoms with E-state index in [0.29, 0.717) is 13.1 Å². The number of nitrogens with zero attached hydrogens (tertiary/aromatic N) is 1. The summed E-state index contributed by atoms with van der Waals surface area (Å²) in [5.74, 6) is 0. The molecule has 1 aliphatic heterocycles. The second-order valence-corrected chi connectivity index (χ2v) is 13.1. The van der Waals surface area contributed by atoms with Crippen LogP contribution in [0.2, 0.25) is 18.1 Å². The molecular formula is C17H31ClNO4Si+. The van der Waals surface area contributed by atoms with E-state index < -0.39 is 8.32 Å². The first kappa shape index (κ1) is 21.4. The molecule has 1 saturated heterocycles. The summed E-state index contributed by atoms with van der Waals surface area (Å²) in [4.78, 5) is 12.6. The van der Waals surface area contributed by atoms with Crippen LogP contribution in [0.25, 0.3) is 0 Å². The molecule has 1 rings (SSSR count). The maximum absolute atomic E-state index is 12.6. The third kappa shape index (κ3) is 5.16. The Kier molecular flexibility index (Phi) is 7.25. The van der Waals surface area contributed by atoms with Crippen molar-refractivity contribution in [3.05, 3.63) is 23.9 Å². The van der Waals surface area contributed by atoms with Crippen LogP contribution < -0.4 is 0 Å². The van der Waals surface area contributed by atoms with Crippen molar-refractivity contribution >= 4 is 26.0 Å². The number of rotatable bonds is 6. The fourth-order valence-electron chi connectivity index (χ4n) is 2.51. The van der Waals surface area contributed by atoms with Gasteiger partial charge in [-0.3, -0.25) is 0 Å². The lowest BCUT2D eigenvalue weighted by atomic mass is 10.2. The summed E-state index contributed by atoms with van der Waals surface area (Å²) in [7, 11) is -1.92. The molecule has 0 spiro atoms. The van der Waals surface area contributed by atoms with Gasteiger partial charge >= 0.3 is 6.09 Å². The molecule has 0 radical (unpaired) electrons. The zero-order valence-corrected chi connectivity index (χ0v) is 17.2. The van der Waals surface area contributed by atoms with Gasteiger partial charge < -0.3 is 14.3 Å². The van der Waals surface area contributed by atoms with Crippen molar-refractivity contribution in [2.75, 3.05) is 26.3 Å². The molecule has 7 heteroatoms. The van der Waals surface area contributed by atoms with Crippen molar-refractivity contribution in [2.45, 2.75) is 51.4 Å². The third-order valence-electron chi connectivity index (χ3n) is 4.87. The Morgan fingerprint density at radius 1 is 1.46 bits per heavy atom. The van der Waals surface area contributed by atoms with E-state index >= 15 is 0 Å². The standard InChI is InChI=1S/C17H31ClNO4Si/c1-7-10-22-16(21)19(11-14(18)13-20)9-8-15(12-19)23-24(5,6)17(2,3)4/h7,11,15,20H,1,8-10,12-13H2,2-6H3/q+1/b14-11-/t15-,19?/m1/s1. The molecule has 1 heterocycles. The van der Waals surface area contributed by atoms with Crippen LogP contribution in [0.15, 0.2) is 23.9 Å². The number of amides is 1. The molecule has 1 aliphatic rings. The highest BCUT2D eigenvalue weighted by Crippen LogP contribution is 2.39. The molecule has 5 nitrogen and oxygen atoms in total. The Hall–Kier alpha value is -0.663. The molecule has 138 valence electrons. The van der Waals surface area contributed by atoms with Gasteiger partial charge in [0.15, 0.2) is 8.32 Å². The summed E-state index contributed by atoms with van der Waals surface area (Å²) < 4.78 is 11.7. The molecule has 1 amide bonds. The van der Waals surface area contributed by atoms with Crippen LogP contribution in [0, 0.1) is 0 Å². The minimum absolute atomic E-state index is 0.0263. The second-order valence-electron chi connectivity index (χ2n) is 7.83. The zero-order valence-electron chi connectivity index (χ0n) is 15.5. The van der Waals surface area contributed by atoms with Crippen molar-refractivity contribution in [1.29, 1.82) is 0 Å². The van der Waals surface area contributed by atoms with Gasteiger partial charge in [-0.25, -0.2) is 0 Å². The molecule has 24 heavy (non-hydrogen) atoms. The first-order chi connectivity index (χ1) is 11.0. The number of hydrogen-bond donors (Lipinski definition) is 1. The summed E-state index contributed by atoms with van der Waals surface area (Å²) in [6, 6.07) is 0. The number of carbonyl (C=O) groups excluding carboxylic acids is 1. The van der Waals surface area contributed by atoms with Gasteiger partial charge in [0.05, 0.1) is 18.2 Å². The van der Waals surface area contributed by atoms with Crippen molar-refractivity contribution in [2.24, 2.45) is 0 Å². The molecule has 0 saturated carbocycles. The number of quaternary nitrogens is 1. The minimum Gasteiger partial charge on any atom is -0.416 e. The lowest BCUT2D eigenvalue weighted by molar-refractivity contribution is -0.794. The summed E-state index contributed by atoms with van der Waals surface area (Å²) in [5, 5.41) is 9.56. The van der Waals surface area contributed by atoms with Crippen LogP contribution in [-0.4, -0.2) is 56.4 Å². The largest absolute Gasteiger partial charge is 0.521 e. The fourth-order valence-corrected chi connectivity index (χ4v) is 4.08. The van der Waals surface area contributed by atoms with E-state index in [2.05, 4.69) is 40.4 Å². The summed E-state index contributed by atoms with van der Waals surface area (Å²) >= 11 is 6.00. The van der Waals surface area contributed by atoms with Gasteiger partial charge in [0.1, 0.15) is 25.5 Å². The summed E-state index contributed by atoms with van der Waals surface area (Å²) in [6.07, 6.45) is 3.46. The van der Waals surface area contributed by atoms with Crippen molar-refractivity contribution in [3.63, 3.8) is 0 Å². The number of hydrogen-bond acceptors (Lipinski definition) is 4. The van der Waals surface area contributed by atoms with E-state index in [0.717, 1.165) is 6.42 Å². The van der Waals surface area contributed by atoms with Crippen LogP contribution in [0.1, 0.15) is 27.2 Å². The average Bonchev–Trinajstić information content (AvgIpc) is 2.86. The summed E-state index contributed by atoms with van der Waals surface area (Å²) in [5.41, 5.74) is 0. The smallest absolute Gasteiger partial charge is 0.416 e. The monoisotopic (exact) mass is 376 g/mol. The molecule has 0 bridgehead atoms. The first-order valence-corrected chi connectivity index (χ1v) is 11.6. The molecule has 0 aliphatic carbocycles. The van der Waals surface area contributed by atoms with E-state index in [9.17, 15) is 9.90 Å². The average molecular weight is 377 g/mol. The maximum atomic E-state index is 12.6. The van der Waals surface area contributed by atoms with E-state index in [1.807, 2.05) is 0 Å². The SMILES string of the molecule is C=CCOC(=O)[N+]1(/C=C(\Cl)CO)CC[C@@H](O[Si](C)(C)C(C)(C)C)C1. The molecule has 0 aromatic carbocycles.